The lowest BCUT2D eigenvalue weighted by molar-refractivity contribution is 0.244. The summed E-state index contributed by atoms with van der Waals surface area (Å²) in [6.45, 7) is 1.14. The molecule has 2 heterocycles. The van der Waals surface area contributed by atoms with Gasteiger partial charge in [-0.05, 0) is 51.2 Å². The van der Waals surface area contributed by atoms with Crippen LogP contribution in [0.15, 0.2) is 24.5 Å². The van der Waals surface area contributed by atoms with Crippen LogP contribution < -0.4 is 5.32 Å². The zero-order chi connectivity index (χ0) is 13.4. The van der Waals surface area contributed by atoms with E-state index < -0.39 is 0 Å². The van der Waals surface area contributed by atoms with Gasteiger partial charge in [-0.25, -0.2) is 4.98 Å². The summed E-state index contributed by atoms with van der Waals surface area (Å²) in [4.78, 5) is 6.78. The van der Waals surface area contributed by atoms with Gasteiger partial charge in [0.05, 0.1) is 17.4 Å². The van der Waals surface area contributed by atoms with Crippen LogP contribution in [0.3, 0.4) is 0 Å². The number of imidazole rings is 1. The van der Waals surface area contributed by atoms with Gasteiger partial charge in [-0.3, -0.25) is 0 Å². The highest BCUT2D eigenvalue weighted by Gasteiger charge is 2.27. The summed E-state index contributed by atoms with van der Waals surface area (Å²) in [6, 6.07) is 7.64. The minimum absolute atomic E-state index is 0.425. The van der Waals surface area contributed by atoms with Crippen LogP contribution in [0.4, 0.5) is 0 Å². The van der Waals surface area contributed by atoms with Crippen molar-refractivity contribution in [3.8, 4) is 0 Å². The maximum absolute atomic E-state index is 4.47. The van der Waals surface area contributed by atoms with Crippen LogP contribution in [0.1, 0.15) is 24.4 Å². The van der Waals surface area contributed by atoms with Gasteiger partial charge in [0, 0.05) is 19.1 Å². The fraction of sp³-hybridized carbons (Fsp3) is 0.533. The predicted molar refractivity (Wildman–Crippen MR) is 78.2 cm³/mol. The number of likely N-dealkylation sites (N-methyl/N-ethyl adjacent to an activating group) is 1. The van der Waals surface area contributed by atoms with Crippen molar-refractivity contribution in [2.45, 2.75) is 24.9 Å². The molecule has 0 radical (unpaired) electrons. The summed E-state index contributed by atoms with van der Waals surface area (Å²) in [5.74, 6) is 0. The summed E-state index contributed by atoms with van der Waals surface area (Å²) < 4.78 is 2.07. The third-order valence-electron chi connectivity index (χ3n) is 4.13. The zero-order valence-electron chi connectivity index (χ0n) is 11.9. The molecule has 0 bridgehead atoms. The Labute approximate surface area is 114 Å². The number of aromatic nitrogens is 2. The number of aryl methyl sites for hydroxylation is 1. The first-order valence-corrected chi connectivity index (χ1v) is 6.97. The molecule has 1 aromatic carbocycles. The fourth-order valence-electron chi connectivity index (χ4n) is 3.21. The number of hydrogen-bond donors (Lipinski definition) is 1. The van der Waals surface area contributed by atoms with E-state index in [1.54, 1.807) is 0 Å². The number of rotatable bonds is 3. The van der Waals surface area contributed by atoms with Crippen molar-refractivity contribution in [1.82, 2.24) is 19.8 Å². The second-order valence-corrected chi connectivity index (χ2v) is 5.71. The summed E-state index contributed by atoms with van der Waals surface area (Å²) in [7, 11) is 6.36. The molecule has 1 saturated heterocycles. The topological polar surface area (TPSA) is 33.1 Å². The Morgan fingerprint density at radius 3 is 2.95 bits per heavy atom. The van der Waals surface area contributed by atoms with Crippen molar-refractivity contribution >= 4 is 11.0 Å². The largest absolute Gasteiger partial charge is 0.334 e. The molecule has 4 nitrogen and oxygen atoms in total. The summed E-state index contributed by atoms with van der Waals surface area (Å²) in [6.07, 6.45) is 4.41. The van der Waals surface area contributed by atoms with Gasteiger partial charge in [0.15, 0.2) is 0 Å². The number of nitrogens with one attached hydrogen (secondary N) is 1. The highest BCUT2D eigenvalue weighted by atomic mass is 15.1. The van der Waals surface area contributed by atoms with Gasteiger partial charge in [0.1, 0.15) is 0 Å². The van der Waals surface area contributed by atoms with Gasteiger partial charge < -0.3 is 14.8 Å². The number of fused-ring (bicyclic) bond motifs is 1. The van der Waals surface area contributed by atoms with E-state index in [-0.39, 0.29) is 0 Å². The van der Waals surface area contributed by atoms with Crippen molar-refractivity contribution in [2.75, 3.05) is 20.6 Å². The Bertz CT molecular complexity index is 567. The summed E-state index contributed by atoms with van der Waals surface area (Å²) >= 11 is 0. The Morgan fingerprint density at radius 1 is 1.42 bits per heavy atom. The molecule has 1 aliphatic heterocycles. The normalized spacial score (nSPS) is 21.4. The van der Waals surface area contributed by atoms with Gasteiger partial charge in [0.25, 0.3) is 0 Å². The number of benzene rings is 1. The van der Waals surface area contributed by atoms with Gasteiger partial charge in [-0.1, -0.05) is 6.07 Å². The van der Waals surface area contributed by atoms with Crippen molar-refractivity contribution in [3.63, 3.8) is 0 Å². The van der Waals surface area contributed by atoms with Crippen LogP contribution in [0.2, 0.25) is 0 Å². The molecule has 3 rings (SSSR count). The molecule has 2 atom stereocenters. The molecular formula is C15H22N4. The lowest BCUT2D eigenvalue weighted by Crippen LogP contribution is -2.37. The van der Waals surface area contributed by atoms with E-state index in [1.165, 1.54) is 23.9 Å². The molecule has 2 unspecified atom stereocenters. The van der Waals surface area contributed by atoms with Crippen molar-refractivity contribution in [2.24, 2.45) is 7.05 Å². The highest BCUT2D eigenvalue weighted by Crippen LogP contribution is 2.29. The minimum atomic E-state index is 0.425. The maximum Gasteiger partial charge on any atom is 0.0955 e. The molecule has 1 fully saturated rings. The van der Waals surface area contributed by atoms with Crippen LogP contribution in [-0.2, 0) is 7.05 Å². The molecule has 0 spiro atoms. The van der Waals surface area contributed by atoms with Crippen molar-refractivity contribution < 1.29 is 0 Å². The Balaban J connectivity index is 1.99. The van der Waals surface area contributed by atoms with Gasteiger partial charge in [0.2, 0.25) is 0 Å². The average Bonchev–Trinajstić information content (AvgIpc) is 3.00. The average molecular weight is 258 g/mol. The van der Waals surface area contributed by atoms with Crippen LogP contribution in [-0.4, -0.2) is 41.1 Å². The molecule has 1 aromatic heterocycles. The number of hydrogen-bond acceptors (Lipinski definition) is 3. The van der Waals surface area contributed by atoms with E-state index in [9.17, 15) is 0 Å². The second-order valence-electron chi connectivity index (χ2n) is 5.71. The van der Waals surface area contributed by atoms with Gasteiger partial charge in [-0.15, -0.1) is 0 Å². The third-order valence-corrected chi connectivity index (χ3v) is 4.13. The lowest BCUT2D eigenvalue weighted by Gasteiger charge is -2.30. The molecule has 102 valence electrons. The molecule has 0 aliphatic carbocycles. The van der Waals surface area contributed by atoms with Crippen molar-refractivity contribution in [3.05, 3.63) is 30.1 Å². The Hall–Kier alpha value is -1.39. The van der Waals surface area contributed by atoms with Crippen LogP contribution >= 0.6 is 0 Å². The first-order chi connectivity index (χ1) is 9.16. The first-order valence-electron chi connectivity index (χ1n) is 6.97. The van der Waals surface area contributed by atoms with E-state index in [2.05, 4.69) is 52.1 Å². The molecule has 2 aromatic rings. The molecule has 19 heavy (non-hydrogen) atoms. The zero-order valence-corrected chi connectivity index (χ0v) is 11.9. The van der Waals surface area contributed by atoms with E-state index in [1.807, 2.05) is 13.4 Å². The summed E-state index contributed by atoms with van der Waals surface area (Å²) in [5.41, 5.74) is 3.64. The van der Waals surface area contributed by atoms with E-state index in [4.69, 9.17) is 0 Å². The van der Waals surface area contributed by atoms with E-state index in [0.717, 1.165) is 12.1 Å². The van der Waals surface area contributed by atoms with Crippen LogP contribution in [0.5, 0.6) is 0 Å². The monoisotopic (exact) mass is 258 g/mol. The van der Waals surface area contributed by atoms with Crippen LogP contribution in [0.25, 0.3) is 11.0 Å². The maximum atomic E-state index is 4.47. The Kier molecular flexibility index (Phi) is 3.29. The minimum Gasteiger partial charge on any atom is -0.334 e. The highest BCUT2D eigenvalue weighted by molar-refractivity contribution is 5.76. The quantitative estimate of drug-likeness (QED) is 0.913. The first kappa shape index (κ1) is 12.6. The molecule has 1 N–H and O–H groups in total. The Morgan fingerprint density at radius 2 is 2.26 bits per heavy atom. The third kappa shape index (κ3) is 2.26. The molecule has 1 aliphatic rings. The molecular weight excluding hydrogens is 236 g/mol. The smallest absolute Gasteiger partial charge is 0.0955 e. The second kappa shape index (κ2) is 4.94. The molecule has 0 amide bonds. The SMILES string of the molecule is CN(C)C(c1ccc2c(c1)ncn2C)C1CCCN1. The standard InChI is InChI=1S/C15H22N4/c1-18(2)15(12-5-4-8-16-12)11-6-7-14-13(9-11)17-10-19(14)3/h6-7,9-10,12,15-16H,4-5,8H2,1-3H3. The summed E-state index contributed by atoms with van der Waals surface area (Å²) in [5, 5.41) is 3.62. The van der Waals surface area contributed by atoms with E-state index in [0.29, 0.717) is 12.1 Å². The molecule has 0 saturated carbocycles. The number of nitrogens with zero attached hydrogens (tertiary/aromatic N) is 3. The van der Waals surface area contributed by atoms with Gasteiger partial charge in [-0.2, -0.15) is 0 Å². The predicted octanol–water partition coefficient (Wildman–Crippen LogP) is 1.93. The fourth-order valence-corrected chi connectivity index (χ4v) is 3.21. The van der Waals surface area contributed by atoms with E-state index >= 15 is 0 Å². The lowest BCUT2D eigenvalue weighted by atomic mass is 9.96. The van der Waals surface area contributed by atoms with Crippen molar-refractivity contribution in [1.29, 1.82) is 0 Å². The van der Waals surface area contributed by atoms with Crippen LogP contribution in [0, 0.1) is 0 Å². The van der Waals surface area contributed by atoms with Gasteiger partial charge >= 0.3 is 0 Å². The molecule has 4 heteroatoms.